The molecule has 6 heteroatoms. The van der Waals surface area contributed by atoms with Gasteiger partial charge in [0.25, 0.3) is 0 Å². The molecule has 1 N–H and O–H groups in total. The van der Waals surface area contributed by atoms with Crippen LogP contribution in [-0.2, 0) is 11.3 Å². The normalized spacial score (nSPS) is 10.9. The van der Waals surface area contributed by atoms with Crippen LogP contribution in [0.4, 0.5) is 5.82 Å². The van der Waals surface area contributed by atoms with E-state index in [2.05, 4.69) is 26.2 Å². The molecule has 0 fully saturated rings. The zero-order valence-electron chi connectivity index (χ0n) is 14.1. The van der Waals surface area contributed by atoms with Crippen molar-refractivity contribution in [3.8, 4) is 5.75 Å². The number of nitrogens with zero attached hydrogens (tertiary/aromatic N) is 2. The molecule has 0 saturated carbocycles. The summed E-state index contributed by atoms with van der Waals surface area (Å²) in [5.74, 6) is 1.30. The lowest BCUT2D eigenvalue weighted by molar-refractivity contribution is -0.117. The van der Waals surface area contributed by atoms with E-state index in [1.807, 2.05) is 56.1 Å². The van der Waals surface area contributed by atoms with E-state index in [4.69, 9.17) is 4.74 Å². The second-order valence-electron chi connectivity index (χ2n) is 5.90. The second-order valence-corrected chi connectivity index (χ2v) is 6.81. The van der Waals surface area contributed by atoms with Crippen molar-refractivity contribution in [2.24, 2.45) is 0 Å². The molecular weight excluding hydrogens is 370 g/mol. The lowest BCUT2D eigenvalue weighted by Gasteiger charge is -2.17. The molecule has 2 aromatic rings. The molecule has 0 radical (unpaired) electrons. The van der Waals surface area contributed by atoms with E-state index in [1.54, 1.807) is 12.3 Å². The number of ether oxygens (including phenoxy) is 1. The Morgan fingerprint density at radius 2 is 2.12 bits per heavy atom. The molecule has 0 atom stereocenters. The van der Waals surface area contributed by atoms with Gasteiger partial charge in [0.15, 0.2) is 0 Å². The van der Waals surface area contributed by atoms with Gasteiger partial charge < -0.3 is 10.1 Å². The van der Waals surface area contributed by atoms with Crippen molar-refractivity contribution in [3.05, 3.63) is 52.6 Å². The number of hydrogen-bond acceptors (Lipinski definition) is 4. The van der Waals surface area contributed by atoms with Crippen LogP contribution in [0, 0.1) is 0 Å². The molecule has 1 heterocycles. The molecule has 0 spiro atoms. The highest BCUT2D eigenvalue weighted by molar-refractivity contribution is 9.10. The summed E-state index contributed by atoms with van der Waals surface area (Å²) in [4.78, 5) is 18.2. The zero-order chi connectivity index (χ0) is 17.5. The number of halogens is 1. The van der Waals surface area contributed by atoms with E-state index >= 15 is 0 Å². The van der Waals surface area contributed by atoms with Gasteiger partial charge in [-0.15, -0.1) is 0 Å². The highest BCUT2D eigenvalue weighted by atomic mass is 79.9. The first-order chi connectivity index (χ1) is 11.4. The van der Waals surface area contributed by atoms with Gasteiger partial charge in [-0.1, -0.05) is 12.1 Å². The Bertz CT molecular complexity index is 674. The van der Waals surface area contributed by atoms with E-state index in [1.165, 1.54) is 0 Å². The fourth-order valence-corrected chi connectivity index (χ4v) is 2.47. The number of pyridine rings is 1. The molecule has 2 rings (SSSR count). The van der Waals surface area contributed by atoms with Crippen molar-refractivity contribution in [3.63, 3.8) is 0 Å². The molecular formula is C18H22BrN3O2. The maximum absolute atomic E-state index is 12.1. The van der Waals surface area contributed by atoms with Gasteiger partial charge in [-0.05, 0) is 66.7 Å². The van der Waals surface area contributed by atoms with Crippen LogP contribution >= 0.6 is 15.9 Å². The molecule has 1 amide bonds. The average Bonchev–Trinajstić information content (AvgIpc) is 2.49. The highest BCUT2D eigenvalue weighted by Crippen LogP contribution is 2.16. The molecule has 0 saturated heterocycles. The molecule has 1 aromatic carbocycles. The first-order valence-electron chi connectivity index (χ1n) is 7.78. The minimum Gasteiger partial charge on any atom is -0.491 e. The Hall–Kier alpha value is -1.92. The van der Waals surface area contributed by atoms with E-state index in [9.17, 15) is 4.79 Å². The standard InChI is InChI=1S/C18H22BrN3O2/c1-13(2)24-16-6-4-5-14(9-16)11-22(3)12-18(23)21-17-8-7-15(19)10-20-17/h4-10,13H,11-12H2,1-3H3,(H,20,21,23). The van der Waals surface area contributed by atoms with Crippen LogP contribution in [0.2, 0.25) is 0 Å². The van der Waals surface area contributed by atoms with Crippen LogP contribution in [0.15, 0.2) is 47.1 Å². The first kappa shape index (κ1) is 18.4. The molecule has 1 aromatic heterocycles. The maximum atomic E-state index is 12.1. The van der Waals surface area contributed by atoms with E-state index in [0.717, 1.165) is 15.8 Å². The molecule has 128 valence electrons. The predicted molar refractivity (Wildman–Crippen MR) is 99.1 cm³/mol. The fourth-order valence-electron chi connectivity index (χ4n) is 2.23. The van der Waals surface area contributed by atoms with Crippen LogP contribution in [0.1, 0.15) is 19.4 Å². The molecule has 24 heavy (non-hydrogen) atoms. The smallest absolute Gasteiger partial charge is 0.239 e. The van der Waals surface area contributed by atoms with Gasteiger partial charge in [-0.2, -0.15) is 0 Å². The molecule has 0 unspecified atom stereocenters. The number of nitrogens with one attached hydrogen (secondary N) is 1. The zero-order valence-corrected chi connectivity index (χ0v) is 15.7. The number of anilines is 1. The van der Waals surface area contributed by atoms with Crippen LogP contribution in [0.3, 0.4) is 0 Å². The number of likely N-dealkylation sites (N-methyl/N-ethyl adjacent to an activating group) is 1. The lowest BCUT2D eigenvalue weighted by atomic mass is 10.2. The van der Waals surface area contributed by atoms with Crippen LogP contribution in [0.5, 0.6) is 5.75 Å². The summed E-state index contributed by atoms with van der Waals surface area (Å²) in [7, 11) is 1.91. The number of carbonyl (C=O) groups is 1. The summed E-state index contributed by atoms with van der Waals surface area (Å²) in [6.45, 7) is 4.95. The van der Waals surface area contributed by atoms with Gasteiger partial charge in [0.05, 0.1) is 12.6 Å². The number of amides is 1. The van der Waals surface area contributed by atoms with E-state index < -0.39 is 0 Å². The largest absolute Gasteiger partial charge is 0.491 e. The van der Waals surface area contributed by atoms with Crippen molar-refractivity contribution in [1.29, 1.82) is 0 Å². The minimum absolute atomic E-state index is 0.0955. The van der Waals surface area contributed by atoms with Crippen molar-refractivity contribution < 1.29 is 9.53 Å². The average molecular weight is 392 g/mol. The Labute approximate surface area is 151 Å². The predicted octanol–water partition coefficient (Wildman–Crippen LogP) is 3.70. The Kier molecular flexibility index (Phi) is 6.75. The maximum Gasteiger partial charge on any atom is 0.239 e. The molecule has 0 aliphatic rings. The van der Waals surface area contributed by atoms with Crippen LogP contribution in [-0.4, -0.2) is 35.5 Å². The summed E-state index contributed by atoms with van der Waals surface area (Å²) in [5, 5.41) is 2.79. The van der Waals surface area contributed by atoms with E-state index in [0.29, 0.717) is 12.4 Å². The third-order valence-corrected chi connectivity index (χ3v) is 3.60. The van der Waals surface area contributed by atoms with Gasteiger partial charge in [-0.25, -0.2) is 4.98 Å². The SMILES string of the molecule is CC(C)Oc1cccc(CN(C)CC(=O)Nc2ccc(Br)cn2)c1. The number of benzene rings is 1. The van der Waals surface area contributed by atoms with E-state index in [-0.39, 0.29) is 18.6 Å². The van der Waals surface area contributed by atoms with Crippen LogP contribution < -0.4 is 10.1 Å². The number of hydrogen-bond donors (Lipinski definition) is 1. The summed E-state index contributed by atoms with van der Waals surface area (Å²) in [6, 6.07) is 11.5. The van der Waals surface area contributed by atoms with Crippen molar-refractivity contribution in [2.45, 2.75) is 26.5 Å². The highest BCUT2D eigenvalue weighted by Gasteiger charge is 2.09. The van der Waals surface area contributed by atoms with Crippen molar-refractivity contribution in [2.75, 3.05) is 18.9 Å². The summed E-state index contributed by atoms with van der Waals surface area (Å²) in [6.07, 6.45) is 1.79. The third-order valence-electron chi connectivity index (χ3n) is 3.13. The number of rotatable bonds is 7. The van der Waals surface area contributed by atoms with Gasteiger partial charge in [0.1, 0.15) is 11.6 Å². The fraction of sp³-hybridized carbons (Fsp3) is 0.333. The molecule has 0 bridgehead atoms. The van der Waals surface area contributed by atoms with Gasteiger partial charge in [-0.3, -0.25) is 9.69 Å². The van der Waals surface area contributed by atoms with Crippen LogP contribution in [0.25, 0.3) is 0 Å². The second kappa shape index (κ2) is 8.80. The minimum atomic E-state index is -0.0955. The van der Waals surface area contributed by atoms with Crippen molar-refractivity contribution >= 4 is 27.7 Å². The summed E-state index contributed by atoms with van der Waals surface area (Å²) >= 11 is 3.32. The number of carbonyl (C=O) groups excluding carboxylic acids is 1. The van der Waals surface area contributed by atoms with Gasteiger partial charge in [0.2, 0.25) is 5.91 Å². The topological polar surface area (TPSA) is 54.5 Å². The quantitative estimate of drug-likeness (QED) is 0.781. The Balaban J connectivity index is 1.87. The summed E-state index contributed by atoms with van der Waals surface area (Å²) in [5.41, 5.74) is 1.10. The lowest BCUT2D eigenvalue weighted by Crippen LogP contribution is -2.30. The molecule has 0 aliphatic heterocycles. The summed E-state index contributed by atoms with van der Waals surface area (Å²) < 4.78 is 6.57. The number of aromatic nitrogens is 1. The van der Waals surface area contributed by atoms with Gasteiger partial charge in [0, 0.05) is 17.2 Å². The Morgan fingerprint density at radius 1 is 1.33 bits per heavy atom. The Morgan fingerprint density at radius 3 is 2.79 bits per heavy atom. The molecule has 5 nitrogen and oxygen atoms in total. The van der Waals surface area contributed by atoms with Crippen molar-refractivity contribution in [1.82, 2.24) is 9.88 Å². The van der Waals surface area contributed by atoms with Gasteiger partial charge >= 0.3 is 0 Å². The first-order valence-corrected chi connectivity index (χ1v) is 8.57. The monoisotopic (exact) mass is 391 g/mol. The third kappa shape index (κ3) is 6.29. The molecule has 0 aliphatic carbocycles.